The highest BCUT2D eigenvalue weighted by molar-refractivity contribution is 5.98. The highest BCUT2D eigenvalue weighted by Gasteiger charge is 2.27. The molecule has 1 heterocycles. The molecule has 0 saturated heterocycles. The Morgan fingerprint density at radius 2 is 2.14 bits per heavy atom. The van der Waals surface area contributed by atoms with Crippen molar-refractivity contribution >= 4 is 5.84 Å². The topological polar surface area (TPSA) is 69.3 Å². The zero-order valence-electron chi connectivity index (χ0n) is 8.62. The summed E-state index contributed by atoms with van der Waals surface area (Å²) in [5.41, 5.74) is 9.10. The molecule has 1 aliphatic carbocycles. The average Bonchev–Trinajstić information content (AvgIpc) is 2.93. The van der Waals surface area contributed by atoms with Crippen LogP contribution in [0.4, 0.5) is 0 Å². The van der Waals surface area contributed by atoms with Gasteiger partial charge in [0.15, 0.2) is 5.84 Å². The lowest BCUT2D eigenvalue weighted by molar-refractivity contribution is 0.699. The molecule has 1 aromatic heterocycles. The van der Waals surface area contributed by atoms with E-state index in [4.69, 9.17) is 11.6 Å². The van der Waals surface area contributed by atoms with Gasteiger partial charge in [0, 0.05) is 23.0 Å². The van der Waals surface area contributed by atoms with Crippen molar-refractivity contribution in [1.82, 2.24) is 4.57 Å². The molecule has 0 amide bonds. The van der Waals surface area contributed by atoms with Gasteiger partial charge in [0.25, 0.3) is 0 Å². The highest BCUT2D eigenvalue weighted by atomic mass is 15.2. The van der Waals surface area contributed by atoms with Crippen LogP contribution in [0.1, 0.15) is 35.8 Å². The van der Waals surface area contributed by atoms with Gasteiger partial charge in [0.2, 0.25) is 0 Å². The number of nitrogens with zero attached hydrogens (tertiary/aromatic N) is 2. The molecule has 2 rings (SSSR count). The summed E-state index contributed by atoms with van der Waals surface area (Å²) in [6.07, 6.45) is 2.55. The molecule has 4 N–H and O–H groups in total. The molecule has 4 nitrogen and oxygen atoms in total. The quantitative estimate of drug-likeness (QED) is 0.318. The van der Waals surface area contributed by atoms with Crippen LogP contribution in [0.2, 0.25) is 0 Å². The Morgan fingerprint density at radius 3 is 2.64 bits per heavy atom. The van der Waals surface area contributed by atoms with Crippen LogP contribution in [0, 0.1) is 13.8 Å². The molecule has 1 aliphatic rings. The van der Waals surface area contributed by atoms with Crippen LogP contribution < -0.4 is 11.6 Å². The number of hydrogen-bond donors (Lipinski definition) is 2. The Morgan fingerprint density at radius 1 is 1.50 bits per heavy atom. The summed E-state index contributed by atoms with van der Waals surface area (Å²) in [5, 5.41) is 3.53. The van der Waals surface area contributed by atoms with E-state index in [1.807, 2.05) is 0 Å². The molecule has 0 bridgehead atoms. The first-order chi connectivity index (χ1) is 6.65. The van der Waals surface area contributed by atoms with Crippen molar-refractivity contribution in [1.29, 1.82) is 0 Å². The fraction of sp³-hybridized carbons (Fsp3) is 0.500. The number of nitrogens with two attached hydrogens (primary N) is 2. The van der Waals surface area contributed by atoms with Crippen LogP contribution in [0.5, 0.6) is 0 Å². The van der Waals surface area contributed by atoms with Crippen molar-refractivity contribution in [3.63, 3.8) is 0 Å². The Kier molecular flexibility index (Phi) is 1.98. The third-order valence-corrected chi connectivity index (χ3v) is 2.81. The van der Waals surface area contributed by atoms with E-state index < -0.39 is 0 Å². The zero-order chi connectivity index (χ0) is 10.3. The SMILES string of the molecule is Cc1cc(/C(N)=N/N)c(C)n1C1CC1. The molecule has 0 unspecified atom stereocenters. The van der Waals surface area contributed by atoms with E-state index in [1.165, 1.54) is 24.2 Å². The first kappa shape index (κ1) is 9.12. The second-order valence-corrected chi connectivity index (χ2v) is 3.90. The van der Waals surface area contributed by atoms with Gasteiger partial charge in [-0.15, -0.1) is 0 Å². The fourth-order valence-corrected chi connectivity index (χ4v) is 2.00. The summed E-state index contributed by atoms with van der Waals surface area (Å²) < 4.78 is 2.33. The number of aromatic nitrogens is 1. The van der Waals surface area contributed by atoms with Gasteiger partial charge in [-0.1, -0.05) is 0 Å². The van der Waals surface area contributed by atoms with Gasteiger partial charge in [-0.05, 0) is 32.8 Å². The minimum absolute atomic E-state index is 0.421. The third-order valence-electron chi connectivity index (χ3n) is 2.81. The van der Waals surface area contributed by atoms with E-state index in [9.17, 15) is 0 Å². The van der Waals surface area contributed by atoms with Gasteiger partial charge in [0.1, 0.15) is 0 Å². The predicted octanol–water partition coefficient (Wildman–Crippen LogP) is 1.02. The first-order valence-corrected chi connectivity index (χ1v) is 4.87. The number of amidine groups is 1. The molecule has 0 atom stereocenters. The second kappa shape index (κ2) is 3.04. The largest absolute Gasteiger partial charge is 0.382 e. The van der Waals surface area contributed by atoms with Crippen molar-refractivity contribution in [2.24, 2.45) is 16.7 Å². The minimum atomic E-state index is 0.421. The van der Waals surface area contributed by atoms with Crippen molar-refractivity contribution in [3.8, 4) is 0 Å². The Balaban J connectivity index is 2.48. The smallest absolute Gasteiger partial charge is 0.152 e. The molecule has 0 aromatic carbocycles. The number of aryl methyl sites for hydroxylation is 1. The molecule has 1 saturated carbocycles. The fourth-order valence-electron chi connectivity index (χ4n) is 2.00. The van der Waals surface area contributed by atoms with E-state index in [-0.39, 0.29) is 0 Å². The van der Waals surface area contributed by atoms with Gasteiger partial charge in [-0.3, -0.25) is 0 Å². The Hall–Kier alpha value is -1.45. The van der Waals surface area contributed by atoms with E-state index >= 15 is 0 Å². The van der Waals surface area contributed by atoms with E-state index in [1.54, 1.807) is 0 Å². The van der Waals surface area contributed by atoms with Crippen molar-refractivity contribution in [2.45, 2.75) is 32.7 Å². The number of hydrazone groups is 1. The molecule has 0 radical (unpaired) electrons. The Bertz CT molecular complexity index is 385. The van der Waals surface area contributed by atoms with Gasteiger partial charge in [0.05, 0.1) is 0 Å². The van der Waals surface area contributed by atoms with Crippen LogP contribution in [0.25, 0.3) is 0 Å². The van der Waals surface area contributed by atoms with Crippen LogP contribution >= 0.6 is 0 Å². The molecular formula is C10H16N4. The summed E-state index contributed by atoms with van der Waals surface area (Å²) in [4.78, 5) is 0. The lowest BCUT2D eigenvalue weighted by atomic mass is 10.2. The Labute approximate surface area is 83.6 Å². The van der Waals surface area contributed by atoms with E-state index in [0.29, 0.717) is 11.9 Å². The van der Waals surface area contributed by atoms with Gasteiger partial charge in [-0.25, -0.2) is 0 Å². The van der Waals surface area contributed by atoms with Gasteiger partial charge >= 0.3 is 0 Å². The lowest BCUT2D eigenvalue weighted by Crippen LogP contribution is -2.16. The first-order valence-electron chi connectivity index (χ1n) is 4.87. The highest BCUT2D eigenvalue weighted by Crippen LogP contribution is 2.38. The summed E-state index contributed by atoms with van der Waals surface area (Å²) in [6, 6.07) is 2.73. The number of rotatable bonds is 2. The monoisotopic (exact) mass is 192 g/mol. The van der Waals surface area contributed by atoms with Crippen LogP contribution in [-0.2, 0) is 0 Å². The molecule has 1 aromatic rings. The molecule has 0 aliphatic heterocycles. The van der Waals surface area contributed by atoms with Crippen molar-refractivity contribution in [2.75, 3.05) is 0 Å². The summed E-state index contributed by atoms with van der Waals surface area (Å²) >= 11 is 0. The van der Waals surface area contributed by atoms with Crippen molar-refractivity contribution in [3.05, 3.63) is 23.0 Å². The maximum absolute atomic E-state index is 5.71. The van der Waals surface area contributed by atoms with Crippen LogP contribution in [-0.4, -0.2) is 10.4 Å². The van der Waals surface area contributed by atoms with Crippen LogP contribution in [0.15, 0.2) is 11.2 Å². The van der Waals surface area contributed by atoms with Crippen molar-refractivity contribution < 1.29 is 0 Å². The second-order valence-electron chi connectivity index (χ2n) is 3.90. The lowest BCUT2D eigenvalue weighted by Gasteiger charge is -2.07. The zero-order valence-corrected chi connectivity index (χ0v) is 8.62. The number of hydrogen-bond acceptors (Lipinski definition) is 2. The molecule has 76 valence electrons. The average molecular weight is 192 g/mol. The maximum atomic E-state index is 5.71. The summed E-state index contributed by atoms with van der Waals surface area (Å²) in [7, 11) is 0. The molecular weight excluding hydrogens is 176 g/mol. The molecule has 14 heavy (non-hydrogen) atoms. The minimum Gasteiger partial charge on any atom is -0.382 e. The van der Waals surface area contributed by atoms with E-state index in [0.717, 1.165) is 5.56 Å². The predicted molar refractivity (Wildman–Crippen MR) is 57.1 cm³/mol. The standard InChI is InChI=1S/C10H16N4/c1-6-5-9(10(11)13-12)7(2)14(6)8-3-4-8/h5,8H,3-4,12H2,1-2H3,(H2,11,13). The van der Waals surface area contributed by atoms with Gasteiger partial charge < -0.3 is 16.1 Å². The van der Waals surface area contributed by atoms with Gasteiger partial charge in [-0.2, -0.15) is 5.10 Å². The maximum Gasteiger partial charge on any atom is 0.152 e. The normalized spacial score (nSPS) is 17.4. The third kappa shape index (κ3) is 1.27. The summed E-state index contributed by atoms with van der Waals surface area (Å²) in [6.45, 7) is 4.16. The summed E-state index contributed by atoms with van der Waals surface area (Å²) in [5.74, 6) is 5.60. The molecule has 0 spiro atoms. The molecule has 4 heteroatoms. The van der Waals surface area contributed by atoms with E-state index in [2.05, 4.69) is 29.6 Å². The van der Waals surface area contributed by atoms with Crippen LogP contribution in [0.3, 0.4) is 0 Å². The molecule has 1 fully saturated rings.